The minimum atomic E-state index is -0.0203. The molecule has 1 saturated carbocycles. The normalized spacial score (nSPS) is 18.5. The fourth-order valence-electron chi connectivity index (χ4n) is 1.55. The van der Waals surface area contributed by atoms with Gasteiger partial charge in [-0.15, -0.1) is 11.3 Å². The molecule has 0 N–H and O–H groups in total. The van der Waals surface area contributed by atoms with Crippen LogP contribution in [-0.4, -0.2) is 10.8 Å². The Hall–Kier alpha value is -0.700. The second-order valence-corrected chi connectivity index (χ2v) is 6.98. The summed E-state index contributed by atoms with van der Waals surface area (Å²) in [6, 6.07) is 0. The van der Waals surface area contributed by atoms with Crippen molar-refractivity contribution in [3.05, 3.63) is 16.1 Å². The van der Waals surface area contributed by atoms with Crippen LogP contribution >= 0.6 is 11.3 Å². The summed E-state index contributed by atoms with van der Waals surface area (Å²) in [6.07, 6.45) is 2.64. The van der Waals surface area contributed by atoms with E-state index >= 15 is 0 Å². The number of nitrogens with zero attached hydrogens (tertiary/aromatic N) is 1. The van der Waals surface area contributed by atoms with E-state index in [9.17, 15) is 4.79 Å². The minimum Gasteiger partial charge on any atom is -0.299 e. The third-order valence-corrected chi connectivity index (χ3v) is 4.15. The largest absolute Gasteiger partial charge is 0.299 e. The third kappa shape index (κ3) is 2.34. The van der Waals surface area contributed by atoms with Gasteiger partial charge in [-0.3, -0.25) is 4.79 Å². The van der Waals surface area contributed by atoms with Gasteiger partial charge in [0.15, 0.2) is 0 Å². The number of hydrogen-bond acceptors (Lipinski definition) is 3. The Kier molecular flexibility index (Phi) is 2.69. The maximum Gasteiger partial charge on any atom is 0.145 e. The predicted octanol–water partition coefficient (Wildman–Crippen LogP) is 3.35. The van der Waals surface area contributed by atoms with E-state index in [1.54, 1.807) is 11.3 Å². The number of rotatable bonds is 3. The summed E-state index contributed by atoms with van der Waals surface area (Å²) < 4.78 is 0. The summed E-state index contributed by atoms with van der Waals surface area (Å²) in [6.45, 7) is 8.51. The van der Waals surface area contributed by atoms with E-state index in [0.717, 1.165) is 23.5 Å². The lowest BCUT2D eigenvalue weighted by atomic mass is 9.93. The van der Waals surface area contributed by atoms with Crippen LogP contribution in [0, 0.1) is 5.41 Å². The van der Waals surface area contributed by atoms with Gasteiger partial charge in [0.1, 0.15) is 10.8 Å². The van der Waals surface area contributed by atoms with E-state index in [4.69, 9.17) is 0 Å². The second-order valence-electron chi connectivity index (χ2n) is 6.04. The van der Waals surface area contributed by atoms with Gasteiger partial charge in [0.2, 0.25) is 0 Å². The monoisotopic (exact) mass is 237 g/mol. The summed E-state index contributed by atoms with van der Waals surface area (Å²) in [5.41, 5.74) is 1.16. The fourth-order valence-corrected chi connectivity index (χ4v) is 2.57. The number of aromatic nitrogens is 1. The summed E-state index contributed by atoms with van der Waals surface area (Å²) in [5, 5.41) is 3.06. The molecule has 1 heterocycles. The molecule has 88 valence electrons. The molecule has 2 nitrogen and oxygen atoms in total. The van der Waals surface area contributed by atoms with Gasteiger partial charge in [-0.2, -0.15) is 0 Å². The van der Waals surface area contributed by atoms with Crippen molar-refractivity contribution in [2.45, 2.75) is 52.4 Å². The van der Waals surface area contributed by atoms with Gasteiger partial charge in [-0.25, -0.2) is 4.98 Å². The van der Waals surface area contributed by atoms with Gasteiger partial charge in [-0.05, 0) is 12.8 Å². The standard InChI is InChI=1S/C13H19NOS/c1-12(2,3)9-8-16-11(14-9)7-10(15)13(4)5-6-13/h8H,5-7H2,1-4H3. The Labute approximate surface area is 101 Å². The molecule has 3 heteroatoms. The summed E-state index contributed by atoms with van der Waals surface area (Å²) in [5.74, 6) is 0.363. The number of carbonyl (C=O) groups is 1. The highest BCUT2D eigenvalue weighted by molar-refractivity contribution is 7.09. The number of thiazole rings is 1. The SMILES string of the molecule is CC1(C(=O)Cc2nc(C(C)(C)C)cs2)CC1. The summed E-state index contributed by atoms with van der Waals surface area (Å²) in [7, 11) is 0. The Morgan fingerprint density at radius 3 is 2.56 bits per heavy atom. The molecule has 0 radical (unpaired) electrons. The zero-order valence-electron chi connectivity index (χ0n) is 10.5. The van der Waals surface area contributed by atoms with Crippen LogP contribution in [0.1, 0.15) is 51.2 Å². The average Bonchev–Trinajstić information content (AvgIpc) is 2.75. The van der Waals surface area contributed by atoms with Crippen molar-refractivity contribution < 1.29 is 4.79 Å². The maximum absolute atomic E-state index is 11.9. The molecular weight excluding hydrogens is 218 g/mol. The zero-order valence-corrected chi connectivity index (χ0v) is 11.3. The smallest absolute Gasteiger partial charge is 0.145 e. The third-order valence-electron chi connectivity index (χ3n) is 3.31. The van der Waals surface area contributed by atoms with Crippen LogP contribution in [-0.2, 0) is 16.6 Å². The van der Waals surface area contributed by atoms with E-state index in [-0.39, 0.29) is 10.8 Å². The first-order valence-corrected chi connectivity index (χ1v) is 6.67. The topological polar surface area (TPSA) is 30.0 Å². The van der Waals surface area contributed by atoms with Gasteiger partial charge in [0.05, 0.1) is 12.1 Å². The van der Waals surface area contributed by atoms with Gasteiger partial charge in [0, 0.05) is 16.2 Å². The maximum atomic E-state index is 11.9. The lowest BCUT2D eigenvalue weighted by molar-refractivity contribution is -0.122. The minimum absolute atomic E-state index is 0.0203. The van der Waals surface area contributed by atoms with E-state index in [1.165, 1.54) is 0 Å². The first-order chi connectivity index (χ1) is 7.31. The molecule has 1 aliphatic rings. The highest BCUT2D eigenvalue weighted by Crippen LogP contribution is 2.46. The molecular formula is C13H19NOS. The Bertz CT molecular complexity index is 410. The molecule has 0 saturated heterocycles. The molecule has 1 aliphatic carbocycles. The molecule has 0 bridgehead atoms. The van der Waals surface area contributed by atoms with Crippen molar-refractivity contribution >= 4 is 17.1 Å². The van der Waals surface area contributed by atoms with Crippen LogP contribution in [0.25, 0.3) is 0 Å². The van der Waals surface area contributed by atoms with E-state index in [1.807, 2.05) is 0 Å². The molecule has 0 aliphatic heterocycles. The first-order valence-electron chi connectivity index (χ1n) is 5.79. The molecule has 0 aromatic carbocycles. The highest BCUT2D eigenvalue weighted by atomic mass is 32.1. The fraction of sp³-hybridized carbons (Fsp3) is 0.692. The zero-order chi connectivity index (χ0) is 12.0. The van der Waals surface area contributed by atoms with Gasteiger partial charge in [-0.1, -0.05) is 27.7 Å². The number of Topliss-reactive ketones (excluding diaryl/α,β-unsaturated/α-hetero) is 1. The van der Waals surface area contributed by atoms with Crippen molar-refractivity contribution in [2.24, 2.45) is 5.41 Å². The Balaban J connectivity index is 2.06. The summed E-state index contributed by atoms with van der Waals surface area (Å²) in [4.78, 5) is 16.5. The molecule has 0 spiro atoms. The molecule has 1 aromatic rings. The number of ketones is 1. The van der Waals surface area contributed by atoms with E-state index in [2.05, 4.69) is 38.1 Å². The molecule has 1 fully saturated rings. The van der Waals surface area contributed by atoms with Crippen molar-refractivity contribution in [1.82, 2.24) is 4.98 Å². The number of carbonyl (C=O) groups excluding carboxylic acids is 1. The Morgan fingerprint density at radius 2 is 2.12 bits per heavy atom. The lowest BCUT2D eigenvalue weighted by Crippen LogP contribution is -2.15. The van der Waals surface area contributed by atoms with Crippen LogP contribution in [0.4, 0.5) is 0 Å². The van der Waals surface area contributed by atoms with Crippen LogP contribution in [0.2, 0.25) is 0 Å². The van der Waals surface area contributed by atoms with Gasteiger partial charge in [0.25, 0.3) is 0 Å². The molecule has 2 rings (SSSR count). The second kappa shape index (κ2) is 3.66. The first kappa shape index (κ1) is 11.8. The van der Waals surface area contributed by atoms with Gasteiger partial charge >= 0.3 is 0 Å². The van der Waals surface area contributed by atoms with E-state index < -0.39 is 0 Å². The van der Waals surface area contributed by atoms with Crippen molar-refractivity contribution in [1.29, 1.82) is 0 Å². The quantitative estimate of drug-likeness (QED) is 0.807. The predicted molar refractivity (Wildman–Crippen MR) is 66.9 cm³/mol. The van der Waals surface area contributed by atoms with Crippen LogP contribution in [0.15, 0.2) is 5.38 Å². The van der Waals surface area contributed by atoms with Crippen molar-refractivity contribution in [2.75, 3.05) is 0 Å². The summed E-state index contributed by atoms with van der Waals surface area (Å²) >= 11 is 1.62. The molecule has 0 atom stereocenters. The molecule has 16 heavy (non-hydrogen) atoms. The van der Waals surface area contributed by atoms with E-state index in [0.29, 0.717) is 12.2 Å². The van der Waals surface area contributed by atoms with Crippen LogP contribution < -0.4 is 0 Å². The Morgan fingerprint density at radius 1 is 1.50 bits per heavy atom. The molecule has 0 amide bonds. The average molecular weight is 237 g/mol. The van der Waals surface area contributed by atoms with Gasteiger partial charge < -0.3 is 0 Å². The molecule has 0 unspecified atom stereocenters. The van der Waals surface area contributed by atoms with Crippen molar-refractivity contribution in [3.63, 3.8) is 0 Å². The van der Waals surface area contributed by atoms with Crippen LogP contribution in [0.3, 0.4) is 0 Å². The molecule has 1 aromatic heterocycles. The highest BCUT2D eigenvalue weighted by Gasteiger charge is 2.44. The number of hydrogen-bond donors (Lipinski definition) is 0. The lowest BCUT2D eigenvalue weighted by Gasteiger charge is -2.14. The van der Waals surface area contributed by atoms with Crippen LogP contribution in [0.5, 0.6) is 0 Å². The van der Waals surface area contributed by atoms with Crippen molar-refractivity contribution in [3.8, 4) is 0 Å².